The first kappa shape index (κ1) is 12.1. The maximum absolute atomic E-state index is 13.7. The Morgan fingerprint density at radius 2 is 2.24 bits per heavy atom. The largest absolute Gasteiger partial charge is 0.322 e. The van der Waals surface area contributed by atoms with E-state index < -0.39 is 11.2 Å². The lowest BCUT2D eigenvalue weighted by atomic mass is 10.1. The molecule has 1 amide bonds. The number of amides is 1. The average Bonchev–Trinajstić information content (AvgIpc) is 3.01. The minimum atomic E-state index is -0.603. The second-order valence-electron chi connectivity index (χ2n) is 4.44. The number of carbonyl (C=O) groups excluding carboxylic acids is 1. The highest BCUT2D eigenvalue weighted by Crippen LogP contribution is 2.46. The molecule has 0 bridgehead atoms. The highest BCUT2D eigenvalue weighted by atomic mass is 79.9. The zero-order valence-corrected chi connectivity index (χ0v) is 10.8. The number of hydrogen-bond donors (Lipinski definition) is 1. The van der Waals surface area contributed by atoms with E-state index in [-0.39, 0.29) is 17.2 Å². The molecule has 3 nitrogen and oxygen atoms in total. The van der Waals surface area contributed by atoms with E-state index >= 15 is 0 Å². The van der Waals surface area contributed by atoms with Crippen LogP contribution in [0.15, 0.2) is 16.6 Å². The Balaban J connectivity index is 2.32. The Kier molecular flexibility index (Phi) is 2.92. The van der Waals surface area contributed by atoms with E-state index in [9.17, 15) is 9.18 Å². The summed E-state index contributed by atoms with van der Waals surface area (Å²) in [5, 5.41) is 11.4. The van der Waals surface area contributed by atoms with Crippen molar-refractivity contribution in [1.82, 2.24) is 0 Å². The van der Waals surface area contributed by atoms with Crippen LogP contribution in [0.25, 0.3) is 0 Å². The van der Waals surface area contributed by atoms with E-state index in [4.69, 9.17) is 5.26 Å². The molecule has 0 spiro atoms. The number of hydrogen-bond acceptors (Lipinski definition) is 2. The van der Waals surface area contributed by atoms with Gasteiger partial charge in [-0.1, -0.05) is 22.9 Å². The van der Waals surface area contributed by atoms with Crippen LogP contribution in [0.2, 0.25) is 0 Å². The molecule has 0 aliphatic heterocycles. The number of halogens is 2. The van der Waals surface area contributed by atoms with Crippen LogP contribution >= 0.6 is 15.9 Å². The van der Waals surface area contributed by atoms with E-state index in [1.165, 1.54) is 12.1 Å². The van der Waals surface area contributed by atoms with E-state index in [0.717, 1.165) is 12.8 Å². The first-order valence-corrected chi connectivity index (χ1v) is 5.96. The van der Waals surface area contributed by atoms with Crippen molar-refractivity contribution < 1.29 is 9.18 Å². The number of carbonyl (C=O) groups is 1. The topological polar surface area (TPSA) is 52.9 Å². The van der Waals surface area contributed by atoms with Crippen molar-refractivity contribution in [3.05, 3.63) is 28.0 Å². The van der Waals surface area contributed by atoms with Crippen LogP contribution in [0.5, 0.6) is 0 Å². The first-order chi connectivity index (χ1) is 7.96. The Morgan fingerprint density at radius 1 is 1.59 bits per heavy atom. The SMILES string of the molecule is CC1(C(=O)Nc2c(F)cc(Br)cc2C#N)CC1. The molecular weight excluding hydrogens is 287 g/mol. The van der Waals surface area contributed by atoms with Gasteiger partial charge in [0.1, 0.15) is 11.9 Å². The van der Waals surface area contributed by atoms with Crippen molar-refractivity contribution in [1.29, 1.82) is 5.26 Å². The second-order valence-corrected chi connectivity index (χ2v) is 5.35. The quantitative estimate of drug-likeness (QED) is 0.911. The second kappa shape index (κ2) is 4.11. The van der Waals surface area contributed by atoms with E-state index in [1.807, 2.05) is 13.0 Å². The normalized spacial score (nSPS) is 16.1. The molecule has 17 heavy (non-hydrogen) atoms. The van der Waals surface area contributed by atoms with Gasteiger partial charge in [-0.15, -0.1) is 0 Å². The number of nitrogens with zero attached hydrogens (tertiary/aromatic N) is 1. The third-order valence-electron chi connectivity index (χ3n) is 2.96. The van der Waals surface area contributed by atoms with Gasteiger partial charge in [0.15, 0.2) is 0 Å². The number of rotatable bonds is 2. The van der Waals surface area contributed by atoms with Crippen LogP contribution < -0.4 is 5.32 Å². The standard InChI is InChI=1S/C12H10BrFN2O/c1-12(2-3-12)11(17)16-10-7(6-15)4-8(13)5-9(10)14/h4-5H,2-3H2,1H3,(H,16,17). The fraction of sp³-hybridized carbons (Fsp3) is 0.333. The molecule has 1 aliphatic rings. The van der Waals surface area contributed by atoms with Crippen molar-refractivity contribution >= 4 is 27.5 Å². The summed E-state index contributed by atoms with van der Waals surface area (Å²) < 4.78 is 14.1. The van der Waals surface area contributed by atoms with Crippen molar-refractivity contribution in [3.63, 3.8) is 0 Å². The Labute approximate surface area is 107 Å². The predicted molar refractivity (Wildman–Crippen MR) is 64.8 cm³/mol. The minimum absolute atomic E-state index is 0.0335. The fourth-order valence-electron chi connectivity index (χ4n) is 1.47. The number of benzene rings is 1. The summed E-state index contributed by atoms with van der Waals surface area (Å²) in [6.07, 6.45) is 1.61. The summed E-state index contributed by atoms with van der Waals surface area (Å²) in [6.45, 7) is 1.82. The van der Waals surface area contributed by atoms with Crippen molar-refractivity contribution in [2.45, 2.75) is 19.8 Å². The van der Waals surface area contributed by atoms with Gasteiger partial charge in [-0.3, -0.25) is 4.79 Å². The molecule has 1 saturated carbocycles. The monoisotopic (exact) mass is 296 g/mol. The van der Waals surface area contributed by atoms with Crippen molar-refractivity contribution in [3.8, 4) is 6.07 Å². The van der Waals surface area contributed by atoms with Gasteiger partial charge in [-0.25, -0.2) is 4.39 Å². The zero-order chi connectivity index (χ0) is 12.6. The van der Waals surface area contributed by atoms with Gasteiger partial charge < -0.3 is 5.32 Å². The van der Waals surface area contributed by atoms with Crippen LogP contribution in [-0.4, -0.2) is 5.91 Å². The predicted octanol–water partition coefficient (Wildman–Crippen LogP) is 3.20. The van der Waals surface area contributed by atoms with Gasteiger partial charge in [-0.2, -0.15) is 5.26 Å². The van der Waals surface area contributed by atoms with Crippen LogP contribution in [0.3, 0.4) is 0 Å². The lowest BCUT2D eigenvalue weighted by molar-refractivity contribution is -0.120. The van der Waals surface area contributed by atoms with E-state index in [2.05, 4.69) is 21.2 Å². The maximum Gasteiger partial charge on any atom is 0.230 e. The minimum Gasteiger partial charge on any atom is -0.322 e. The molecule has 0 radical (unpaired) electrons. The van der Waals surface area contributed by atoms with E-state index in [0.29, 0.717) is 4.47 Å². The van der Waals surface area contributed by atoms with Gasteiger partial charge in [0.05, 0.1) is 11.3 Å². The summed E-state index contributed by atoms with van der Waals surface area (Å²) in [4.78, 5) is 11.8. The van der Waals surface area contributed by atoms with Crippen LogP contribution in [0, 0.1) is 22.6 Å². The molecular formula is C12H10BrFN2O. The average molecular weight is 297 g/mol. The van der Waals surface area contributed by atoms with Gasteiger partial charge in [-0.05, 0) is 25.0 Å². The molecule has 1 fully saturated rings. The van der Waals surface area contributed by atoms with Gasteiger partial charge >= 0.3 is 0 Å². The van der Waals surface area contributed by atoms with Crippen LogP contribution in [0.1, 0.15) is 25.3 Å². The molecule has 1 aromatic carbocycles. The summed E-state index contributed by atoms with van der Waals surface area (Å²) in [6, 6.07) is 4.58. The van der Waals surface area contributed by atoms with E-state index in [1.54, 1.807) is 0 Å². The van der Waals surface area contributed by atoms with Crippen molar-refractivity contribution in [2.75, 3.05) is 5.32 Å². The highest BCUT2D eigenvalue weighted by molar-refractivity contribution is 9.10. The molecule has 88 valence electrons. The Morgan fingerprint density at radius 3 is 2.76 bits per heavy atom. The Bertz CT molecular complexity index is 532. The molecule has 2 rings (SSSR count). The third kappa shape index (κ3) is 2.32. The number of anilines is 1. The molecule has 1 aliphatic carbocycles. The van der Waals surface area contributed by atoms with Gasteiger partial charge in [0.25, 0.3) is 0 Å². The molecule has 5 heteroatoms. The number of nitriles is 1. The summed E-state index contributed by atoms with van der Waals surface area (Å²) >= 11 is 3.10. The molecule has 1 aromatic rings. The molecule has 0 saturated heterocycles. The van der Waals surface area contributed by atoms with Crippen molar-refractivity contribution in [2.24, 2.45) is 5.41 Å². The molecule has 1 N–H and O–H groups in total. The summed E-state index contributed by atoms with van der Waals surface area (Å²) in [7, 11) is 0. The van der Waals surface area contributed by atoms with Gasteiger partial charge in [0.2, 0.25) is 5.91 Å². The lowest BCUT2D eigenvalue weighted by Gasteiger charge is -2.12. The van der Waals surface area contributed by atoms with Crippen LogP contribution in [0.4, 0.5) is 10.1 Å². The fourth-order valence-corrected chi connectivity index (χ4v) is 1.90. The first-order valence-electron chi connectivity index (χ1n) is 5.17. The zero-order valence-electron chi connectivity index (χ0n) is 9.18. The molecule has 0 aromatic heterocycles. The molecule has 0 atom stereocenters. The highest BCUT2D eigenvalue weighted by Gasteiger charge is 2.45. The van der Waals surface area contributed by atoms with Crippen LogP contribution in [-0.2, 0) is 4.79 Å². The molecule has 0 heterocycles. The maximum atomic E-state index is 13.7. The smallest absolute Gasteiger partial charge is 0.230 e. The van der Waals surface area contributed by atoms with Gasteiger partial charge in [0, 0.05) is 9.89 Å². The Hall–Kier alpha value is -1.41. The number of nitrogens with one attached hydrogen (secondary N) is 1. The summed E-state index contributed by atoms with van der Waals surface area (Å²) in [5.74, 6) is -0.830. The molecule has 0 unspecified atom stereocenters. The lowest BCUT2D eigenvalue weighted by Crippen LogP contribution is -2.22. The summed E-state index contributed by atoms with van der Waals surface area (Å²) in [5.41, 5.74) is -0.310. The third-order valence-corrected chi connectivity index (χ3v) is 3.42.